The van der Waals surface area contributed by atoms with E-state index in [1.807, 2.05) is 4.90 Å². The normalized spacial score (nSPS) is 14.8. The number of phenolic OH excluding ortho intramolecular Hbond substituents is 2. The van der Waals surface area contributed by atoms with Crippen LogP contribution >= 0.6 is 0 Å². The first-order valence-corrected chi connectivity index (χ1v) is 9.13. The lowest BCUT2D eigenvalue weighted by atomic mass is 10.1. The molecule has 150 valence electrons. The fourth-order valence-electron chi connectivity index (χ4n) is 3.45. The van der Waals surface area contributed by atoms with E-state index in [4.69, 9.17) is 0 Å². The van der Waals surface area contributed by atoms with Gasteiger partial charge in [-0.05, 0) is 24.6 Å². The van der Waals surface area contributed by atoms with Crippen LogP contribution in [-0.2, 0) is 0 Å². The lowest BCUT2D eigenvalue weighted by molar-refractivity contribution is -0.384. The molecule has 1 aliphatic rings. The number of carbonyl (C=O) groups is 1. The number of imidazole rings is 1. The van der Waals surface area contributed by atoms with E-state index in [0.29, 0.717) is 49.6 Å². The number of hydrogen-bond donors (Lipinski definition) is 3. The van der Waals surface area contributed by atoms with Crippen molar-refractivity contribution in [3.63, 3.8) is 0 Å². The molecule has 3 N–H and O–H groups in total. The number of anilines is 1. The van der Waals surface area contributed by atoms with Crippen LogP contribution < -0.4 is 4.90 Å². The van der Waals surface area contributed by atoms with E-state index in [-0.39, 0.29) is 28.7 Å². The van der Waals surface area contributed by atoms with E-state index < -0.39 is 4.92 Å². The number of nitro benzene ring substituents is 1. The maximum absolute atomic E-state index is 12.7. The number of carbonyl (C=O) groups excluding carboxylic acids is 1. The zero-order valence-corrected chi connectivity index (χ0v) is 15.4. The zero-order valence-electron chi connectivity index (χ0n) is 15.4. The van der Waals surface area contributed by atoms with Gasteiger partial charge in [-0.25, -0.2) is 4.98 Å². The van der Waals surface area contributed by atoms with Crippen LogP contribution in [0.25, 0.3) is 11.0 Å². The molecular formula is C19H19N5O5. The standard InChI is InChI=1S/C19H19N5O5/c25-13-3-4-14(17(26)11-13)18(27)22-6-1-7-23(9-8-22)19-20-15-5-2-12(24(28)29)10-16(15)21-19/h2-5,10-11,25-26H,1,6-9H2,(H,20,21). The molecule has 4 rings (SSSR count). The summed E-state index contributed by atoms with van der Waals surface area (Å²) >= 11 is 0. The van der Waals surface area contributed by atoms with Crippen LogP contribution in [0.15, 0.2) is 36.4 Å². The van der Waals surface area contributed by atoms with E-state index >= 15 is 0 Å². The summed E-state index contributed by atoms with van der Waals surface area (Å²) in [4.78, 5) is 34.5. The van der Waals surface area contributed by atoms with Crippen LogP contribution in [0.4, 0.5) is 11.6 Å². The number of rotatable bonds is 3. The molecule has 10 heteroatoms. The third-order valence-corrected chi connectivity index (χ3v) is 4.96. The third-order valence-electron chi connectivity index (χ3n) is 4.96. The van der Waals surface area contributed by atoms with Crippen LogP contribution in [0.3, 0.4) is 0 Å². The number of amides is 1. The maximum Gasteiger partial charge on any atom is 0.271 e. The van der Waals surface area contributed by atoms with Crippen molar-refractivity contribution in [1.82, 2.24) is 14.9 Å². The second-order valence-electron chi connectivity index (χ2n) is 6.85. The Kier molecular flexibility index (Phi) is 4.67. The van der Waals surface area contributed by atoms with Crippen molar-refractivity contribution in [3.8, 4) is 11.5 Å². The molecule has 0 unspecified atom stereocenters. The molecule has 0 aliphatic carbocycles. The summed E-state index contributed by atoms with van der Waals surface area (Å²) in [6, 6.07) is 8.39. The van der Waals surface area contributed by atoms with Crippen molar-refractivity contribution in [1.29, 1.82) is 0 Å². The largest absolute Gasteiger partial charge is 0.508 e. The lowest BCUT2D eigenvalue weighted by Crippen LogP contribution is -2.35. The van der Waals surface area contributed by atoms with E-state index in [9.17, 15) is 25.1 Å². The summed E-state index contributed by atoms with van der Waals surface area (Å²) in [7, 11) is 0. The van der Waals surface area contributed by atoms with Crippen molar-refractivity contribution in [3.05, 3.63) is 52.1 Å². The van der Waals surface area contributed by atoms with E-state index in [2.05, 4.69) is 9.97 Å². The fraction of sp³-hybridized carbons (Fsp3) is 0.263. The van der Waals surface area contributed by atoms with Gasteiger partial charge in [-0.1, -0.05) is 0 Å². The number of non-ortho nitro benzene ring substituents is 1. The van der Waals surface area contributed by atoms with Gasteiger partial charge >= 0.3 is 0 Å². The van der Waals surface area contributed by atoms with E-state index in [1.54, 1.807) is 11.0 Å². The van der Waals surface area contributed by atoms with Gasteiger partial charge in [-0.3, -0.25) is 14.9 Å². The van der Waals surface area contributed by atoms with Gasteiger partial charge in [0.05, 0.1) is 21.5 Å². The molecule has 1 amide bonds. The van der Waals surface area contributed by atoms with Gasteiger partial charge in [0.2, 0.25) is 5.95 Å². The summed E-state index contributed by atoms with van der Waals surface area (Å²) in [6.45, 7) is 2.12. The summed E-state index contributed by atoms with van der Waals surface area (Å²) in [6.07, 6.45) is 0.696. The fourth-order valence-corrected chi connectivity index (χ4v) is 3.45. The third kappa shape index (κ3) is 3.64. The molecule has 1 fully saturated rings. The number of H-pyrrole nitrogens is 1. The summed E-state index contributed by atoms with van der Waals surface area (Å²) in [5.74, 6) is -0.0620. The van der Waals surface area contributed by atoms with Gasteiger partial charge in [-0.15, -0.1) is 0 Å². The maximum atomic E-state index is 12.7. The Hall–Kier alpha value is -3.82. The molecule has 0 radical (unpaired) electrons. The first-order valence-electron chi connectivity index (χ1n) is 9.13. The van der Waals surface area contributed by atoms with Gasteiger partial charge in [0, 0.05) is 44.4 Å². The number of benzene rings is 2. The number of aromatic hydroxyl groups is 2. The minimum Gasteiger partial charge on any atom is -0.508 e. The molecule has 0 saturated carbocycles. The van der Waals surface area contributed by atoms with Crippen molar-refractivity contribution in [2.75, 3.05) is 31.1 Å². The zero-order chi connectivity index (χ0) is 20.5. The monoisotopic (exact) mass is 397 g/mol. The van der Waals surface area contributed by atoms with Gasteiger partial charge in [0.25, 0.3) is 11.6 Å². The van der Waals surface area contributed by atoms with E-state index in [0.717, 1.165) is 6.07 Å². The number of fused-ring (bicyclic) bond motifs is 1. The Morgan fingerprint density at radius 2 is 1.93 bits per heavy atom. The Morgan fingerprint density at radius 1 is 1.10 bits per heavy atom. The van der Waals surface area contributed by atoms with Crippen molar-refractivity contribution < 1.29 is 19.9 Å². The molecule has 0 spiro atoms. The smallest absolute Gasteiger partial charge is 0.271 e. The molecule has 2 aromatic carbocycles. The number of nitro groups is 1. The van der Waals surface area contributed by atoms with Crippen molar-refractivity contribution in [2.24, 2.45) is 0 Å². The second kappa shape index (κ2) is 7.30. The van der Waals surface area contributed by atoms with Crippen molar-refractivity contribution in [2.45, 2.75) is 6.42 Å². The molecule has 10 nitrogen and oxygen atoms in total. The average Bonchev–Trinajstić information content (AvgIpc) is 2.95. The molecule has 1 aromatic heterocycles. The highest BCUT2D eigenvalue weighted by molar-refractivity contribution is 5.97. The number of hydrogen-bond acceptors (Lipinski definition) is 7. The van der Waals surface area contributed by atoms with Gasteiger partial charge < -0.3 is 25.0 Å². The van der Waals surface area contributed by atoms with Crippen LogP contribution in [0, 0.1) is 10.1 Å². The molecule has 29 heavy (non-hydrogen) atoms. The van der Waals surface area contributed by atoms with Crippen molar-refractivity contribution >= 4 is 28.6 Å². The Balaban J connectivity index is 1.50. The van der Waals surface area contributed by atoms with Gasteiger partial charge in [-0.2, -0.15) is 0 Å². The number of aromatic amines is 1. The first kappa shape index (κ1) is 18.5. The summed E-state index contributed by atoms with van der Waals surface area (Å²) < 4.78 is 0. The molecule has 0 bridgehead atoms. The van der Waals surface area contributed by atoms with Crippen LogP contribution in [0.2, 0.25) is 0 Å². The molecule has 1 aliphatic heterocycles. The van der Waals surface area contributed by atoms with Gasteiger partial charge in [0.1, 0.15) is 11.5 Å². The Morgan fingerprint density at radius 3 is 2.69 bits per heavy atom. The van der Waals surface area contributed by atoms with Crippen LogP contribution in [0.5, 0.6) is 11.5 Å². The SMILES string of the molecule is O=C(c1ccc(O)cc1O)N1CCCN(c2nc3ccc([N+](=O)[O-])cc3[nH]2)CC1. The molecule has 2 heterocycles. The van der Waals surface area contributed by atoms with Crippen LogP contribution in [-0.4, -0.2) is 62.1 Å². The number of nitrogens with zero attached hydrogens (tertiary/aromatic N) is 4. The Labute approximate surface area is 165 Å². The lowest BCUT2D eigenvalue weighted by Gasteiger charge is -2.22. The molecule has 3 aromatic rings. The summed E-state index contributed by atoms with van der Waals surface area (Å²) in [5, 5.41) is 30.3. The second-order valence-corrected chi connectivity index (χ2v) is 6.85. The number of aromatic nitrogens is 2. The number of phenols is 2. The quantitative estimate of drug-likeness (QED) is 0.455. The minimum atomic E-state index is -0.450. The first-order chi connectivity index (χ1) is 13.9. The minimum absolute atomic E-state index is 0.00552. The highest BCUT2D eigenvalue weighted by atomic mass is 16.6. The number of nitrogens with one attached hydrogen (secondary N) is 1. The highest BCUT2D eigenvalue weighted by Gasteiger charge is 2.24. The van der Waals surface area contributed by atoms with Crippen LogP contribution in [0.1, 0.15) is 16.8 Å². The van der Waals surface area contributed by atoms with Gasteiger partial charge in [0.15, 0.2) is 0 Å². The summed E-state index contributed by atoms with van der Waals surface area (Å²) in [5.41, 5.74) is 1.36. The average molecular weight is 397 g/mol. The van der Waals surface area contributed by atoms with E-state index in [1.165, 1.54) is 24.3 Å². The predicted molar refractivity (Wildman–Crippen MR) is 105 cm³/mol. The molecule has 1 saturated heterocycles. The predicted octanol–water partition coefficient (Wildman–Crippen LogP) is 2.23. The molecular weight excluding hydrogens is 378 g/mol. The topological polar surface area (TPSA) is 136 Å². The highest BCUT2D eigenvalue weighted by Crippen LogP contribution is 2.26. The molecule has 0 atom stereocenters. The Bertz CT molecular complexity index is 1100.